The molecule has 0 spiro atoms. The molecule has 0 amide bonds. The number of hydrogen-bond donors (Lipinski definition) is 0. The van der Waals surface area contributed by atoms with E-state index < -0.39 is 29.0 Å². The number of alkyl halides is 6. The molecule has 0 aliphatic rings. The lowest BCUT2D eigenvalue weighted by atomic mass is 9.93. The Morgan fingerprint density at radius 3 is 0.798 bits per heavy atom. The zero-order valence-electron chi connectivity index (χ0n) is 48.2. The molecule has 0 unspecified atom stereocenters. The van der Waals surface area contributed by atoms with Gasteiger partial charge in [0.15, 0.2) is 0 Å². The van der Waals surface area contributed by atoms with Gasteiger partial charge in [-0.25, -0.2) is 0 Å². The van der Waals surface area contributed by atoms with E-state index in [1.165, 1.54) is 42.5 Å². The fourth-order valence-electron chi connectivity index (χ4n) is 12.2. The van der Waals surface area contributed by atoms with Crippen molar-refractivity contribution in [1.29, 1.82) is 47.4 Å². The molecule has 13 aromatic rings. The number of benzene rings is 11. The van der Waals surface area contributed by atoms with Gasteiger partial charge in [0.25, 0.3) is 0 Å². The molecule has 94 heavy (non-hydrogen) atoms. The zero-order valence-corrected chi connectivity index (χ0v) is 48.2. The van der Waals surface area contributed by atoms with Crippen molar-refractivity contribution in [2.75, 3.05) is 0 Å². The summed E-state index contributed by atoms with van der Waals surface area (Å²) in [6, 6.07) is 70.5. The first-order chi connectivity index (χ1) is 45.3. The molecule has 11 aromatic carbocycles. The monoisotopic (exact) mass is 1230 g/mol. The van der Waals surface area contributed by atoms with Gasteiger partial charge in [-0.05, 0) is 219 Å². The molecule has 0 radical (unpaired) electrons. The minimum absolute atomic E-state index is 0.0535. The molecule has 438 valence electrons. The summed E-state index contributed by atoms with van der Waals surface area (Å²) >= 11 is 0. The Kier molecular flexibility index (Phi) is 14.4. The molecule has 11 nitrogen and oxygen atoms in total. The van der Waals surface area contributed by atoms with Gasteiger partial charge in [0.05, 0.1) is 149 Å². The molecule has 13 rings (SSSR count). The maximum atomic E-state index is 14.8. The van der Waals surface area contributed by atoms with Gasteiger partial charge in [-0.3, -0.25) is 0 Å². The Labute approximate surface area is 530 Å². The van der Waals surface area contributed by atoms with Gasteiger partial charge in [-0.2, -0.15) is 73.7 Å². The van der Waals surface area contributed by atoms with E-state index in [2.05, 4.69) is 54.6 Å². The summed E-state index contributed by atoms with van der Waals surface area (Å²) in [7, 11) is 0. The predicted molar refractivity (Wildman–Crippen MR) is 340 cm³/mol. The van der Waals surface area contributed by atoms with Gasteiger partial charge in [-0.15, -0.1) is 0 Å². The lowest BCUT2D eigenvalue weighted by Crippen LogP contribution is -2.11. The van der Waals surface area contributed by atoms with E-state index in [0.29, 0.717) is 117 Å². The highest BCUT2D eigenvalue weighted by Gasteiger charge is 2.37. The fraction of sp³-hybridized carbons (Fsp3) is 0.0260. The molecule has 0 bridgehead atoms. The average molecular weight is 1230 g/mol. The number of nitriles is 9. The summed E-state index contributed by atoms with van der Waals surface area (Å²) in [5.41, 5.74) is 6.15. The fourth-order valence-corrected chi connectivity index (χ4v) is 12.2. The van der Waals surface area contributed by atoms with Crippen LogP contribution in [0.1, 0.15) is 61.2 Å². The highest BCUT2D eigenvalue weighted by Crippen LogP contribution is 2.47. The molecular weight excluding hydrogens is 1190 g/mol. The molecule has 0 fully saturated rings. The summed E-state index contributed by atoms with van der Waals surface area (Å²) in [5.74, 6) is 0. The van der Waals surface area contributed by atoms with E-state index in [-0.39, 0.29) is 67.3 Å². The number of aromatic nitrogens is 2. The van der Waals surface area contributed by atoms with E-state index in [1.54, 1.807) is 115 Å². The van der Waals surface area contributed by atoms with E-state index in [4.69, 9.17) is 0 Å². The van der Waals surface area contributed by atoms with Crippen molar-refractivity contribution < 1.29 is 26.3 Å². The number of nitrogens with zero attached hydrogens (tertiary/aromatic N) is 11. The summed E-state index contributed by atoms with van der Waals surface area (Å²) in [6.45, 7) is 0. The third-order valence-corrected chi connectivity index (χ3v) is 16.4. The van der Waals surface area contributed by atoms with Crippen molar-refractivity contribution in [3.63, 3.8) is 0 Å². The van der Waals surface area contributed by atoms with Gasteiger partial charge in [0.2, 0.25) is 0 Å². The first-order valence-corrected chi connectivity index (χ1v) is 28.3. The third-order valence-electron chi connectivity index (χ3n) is 16.4. The van der Waals surface area contributed by atoms with Crippen molar-refractivity contribution in [1.82, 2.24) is 9.13 Å². The Morgan fingerprint density at radius 2 is 0.500 bits per heavy atom. The van der Waals surface area contributed by atoms with Crippen molar-refractivity contribution in [2.24, 2.45) is 0 Å². The number of rotatable bonds is 8. The van der Waals surface area contributed by atoms with Crippen LogP contribution >= 0.6 is 0 Å². The highest BCUT2D eigenvalue weighted by molar-refractivity contribution is 6.14. The molecule has 0 N–H and O–H groups in total. The van der Waals surface area contributed by atoms with E-state index in [0.717, 1.165) is 0 Å². The number of halogens is 6. The van der Waals surface area contributed by atoms with Crippen LogP contribution in [0, 0.1) is 102 Å². The van der Waals surface area contributed by atoms with Crippen LogP contribution in [0.15, 0.2) is 200 Å². The predicted octanol–water partition coefficient (Wildman–Crippen LogP) is 18.8. The van der Waals surface area contributed by atoms with Crippen molar-refractivity contribution in [2.45, 2.75) is 12.4 Å². The maximum Gasteiger partial charge on any atom is 0.416 e. The van der Waals surface area contributed by atoms with Crippen LogP contribution in [0.3, 0.4) is 0 Å². The van der Waals surface area contributed by atoms with Gasteiger partial charge < -0.3 is 9.13 Å². The molecule has 2 aromatic heterocycles. The van der Waals surface area contributed by atoms with Crippen LogP contribution in [0.5, 0.6) is 0 Å². The second kappa shape index (κ2) is 22.9. The number of hydrogen-bond acceptors (Lipinski definition) is 9. The first-order valence-electron chi connectivity index (χ1n) is 28.3. The third kappa shape index (κ3) is 10.5. The lowest BCUT2D eigenvalue weighted by Gasteiger charge is -2.21. The van der Waals surface area contributed by atoms with Crippen molar-refractivity contribution >= 4 is 43.6 Å². The maximum absolute atomic E-state index is 14.8. The SMILES string of the molecule is N#Cc1cc(C#N)cc(-c2ccc3c(c2)c2cc(-c4cc(C#N)cc(C#N)c4)ccc2n3-c2ccc(-c3cc(C(F)(F)F)cc(C(F)(F)F)c3)cc2-c2ccc(C#N)cc2-n2c3ccc(-c4cc(C#N)cc(C#N)c4)cc3c3cc(-c4cc(C#N)cc(C#N)c4)ccc32)c1. The first kappa shape index (κ1) is 59.0. The zero-order chi connectivity index (χ0) is 65.9. The van der Waals surface area contributed by atoms with Crippen LogP contribution in [0.4, 0.5) is 26.3 Å². The topological polar surface area (TPSA) is 224 Å². The Balaban J connectivity index is 1.15. The molecule has 0 aliphatic carbocycles. The summed E-state index contributed by atoms with van der Waals surface area (Å²) in [6.07, 6.45) is -10.4. The molecule has 0 saturated carbocycles. The summed E-state index contributed by atoms with van der Waals surface area (Å²) in [4.78, 5) is 0. The largest absolute Gasteiger partial charge is 0.416 e. The second-order valence-corrected chi connectivity index (χ2v) is 22.1. The minimum Gasteiger partial charge on any atom is -0.309 e. The quantitative estimate of drug-likeness (QED) is 0.132. The van der Waals surface area contributed by atoms with Crippen molar-refractivity contribution in [3.8, 4) is 133 Å². The van der Waals surface area contributed by atoms with Crippen LogP contribution in [-0.2, 0) is 12.4 Å². The van der Waals surface area contributed by atoms with Crippen LogP contribution in [0.2, 0.25) is 0 Å². The van der Waals surface area contributed by atoms with Gasteiger partial charge >= 0.3 is 12.4 Å². The molecule has 2 heterocycles. The normalized spacial score (nSPS) is 11.2. The smallest absolute Gasteiger partial charge is 0.309 e. The highest BCUT2D eigenvalue weighted by atomic mass is 19.4. The molecule has 0 saturated heterocycles. The van der Waals surface area contributed by atoms with E-state index in [1.807, 2.05) is 33.4 Å². The Hall–Kier alpha value is -14.0. The molecular formula is C77H33F6N11. The van der Waals surface area contributed by atoms with Gasteiger partial charge in [0.1, 0.15) is 0 Å². The average Bonchev–Trinajstić information content (AvgIpc) is 1.44. The van der Waals surface area contributed by atoms with Gasteiger partial charge in [-0.1, -0.05) is 36.4 Å². The molecule has 0 aliphatic heterocycles. The lowest BCUT2D eigenvalue weighted by molar-refractivity contribution is -0.143. The number of fused-ring (bicyclic) bond motifs is 6. The summed E-state index contributed by atoms with van der Waals surface area (Å²) < 4.78 is 92.4. The molecule has 0 atom stereocenters. The van der Waals surface area contributed by atoms with Crippen molar-refractivity contribution in [3.05, 3.63) is 261 Å². The van der Waals surface area contributed by atoms with E-state index >= 15 is 0 Å². The Morgan fingerprint density at radius 1 is 0.223 bits per heavy atom. The second-order valence-electron chi connectivity index (χ2n) is 22.1. The van der Waals surface area contributed by atoms with Crippen LogP contribution in [0.25, 0.3) is 122 Å². The van der Waals surface area contributed by atoms with E-state index in [9.17, 15) is 73.7 Å². The molecule has 17 heteroatoms. The summed E-state index contributed by atoms with van der Waals surface area (Å²) in [5, 5.41) is 93.3. The standard InChI is InChI=1S/C77H33F6N11/c78-76(79,80)62-26-61(27-63(33-62)77(81,82)83)56-6-8-70(93-71-9-2-52(57-17-44(35-85)13-45(18-57)36-86)29-66(71)67-30-53(3-10-72(67)93)58-19-46(37-87)14-47(20-58)38-88)65(28-56)64-7-1-43(34-84)25-75(64)94-73-11-4-54(59-21-48(39-89)15-49(22-59)40-90)31-68(73)69-32-55(5-12-74(69)94)60-23-50(41-91)16-51(24-60)42-92/h1-33H. The van der Waals surface area contributed by atoms with Crippen LogP contribution < -0.4 is 0 Å². The minimum atomic E-state index is -5.21. The van der Waals surface area contributed by atoms with Crippen LogP contribution in [-0.4, -0.2) is 9.13 Å². The van der Waals surface area contributed by atoms with Gasteiger partial charge in [0, 0.05) is 32.7 Å². The Bertz CT molecular complexity index is 5490.